The standard InChI is InChI=1S/C25H23F3N6O5/c1-14-3-5-16(21-31-23(39-32-21)17-10-33(11-17)24(36)37-2)7-18(14)30-22(35)19-8-29-20-6-4-15(9-34(19)20)12-38-13-25(26,27)28/h3-9,17H,10-13H2,1-2H3,(H,30,35). The number of alkyl halides is 3. The molecule has 14 heteroatoms. The monoisotopic (exact) mass is 544 g/mol. The number of hydrogen-bond acceptors (Lipinski definition) is 8. The summed E-state index contributed by atoms with van der Waals surface area (Å²) >= 11 is 0. The van der Waals surface area contributed by atoms with Crippen LogP contribution in [0.4, 0.5) is 23.7 Å². The summed E-state index contributed by atoms with van der Waals surface area (Å²) in [6, 6.07) is 8.48. The Bertz CT molecular complexity index is 1530. The van der Waals surface area contributed by atoms with Crippen molar-refractivity contribution in [2.75, 3.05) is 32.1 Å². The number of halogens is 3. The van der Waals surface area contributed by atoms with Gasteiger partial charge in [-0.1, -0.05) is 23.4 Å². The van der Waals surface area contributed by atoms with E-state index in [9.17, 15) is 22.8 Å². The summed E-state index contributed by atoms with van der Waals surface area (Å²) in [5, 5.41) is 6.89. The molecule has 5 rings (SSSR count). The molecule has 1 fully saturated rings. The highest BCUT2D eigenvalue weighted by atomic mass is 19.4. The van der Waals surface area contributed by atoms with Gasteiger partial charge in [0.2, 0.25) is 11.7 Å². The largest absolute Gasteiger partial charge is 0.453 e. The van der Waals surface area contributed by atoms with Crippen molar-refractivity contribution in [3.05, 3.63) is 65.4 Å². The average molecular weight is 544 g/mol. The molecule has 4 heterocycles. The molecular weight excluding hydrogens is 521 g/mol. The van der Waals surface area contributed by atoms with Gasteiger partial charge in [-0.15, -0.1) is 0 Å². The normalized spacial score (nSPS) is 13.9. The number of carbonyl (C=O) groups is 2. The van der Waals surface area contributed by atoms with Crippen LogP contribution in [0.1, 0.15) is 33.4 Å². The van der Waals surface area contributed by atoms with E-state index in [1.54, 1.807) is 30.3 Å². The van der Waals surface area contributed by atoms with E-state index in [1.165, 1.54) is 28.8 Å². The number of nitrogens with one attached hydrogen (secondary N) is 1. The van der Waals surface area contributed by atoms with Gasteiger partial charge in [-0.05, 0) is 30.2 Å². The van der Waals surface area contributed by atoms with Gasteiger partial charge in [-0.25, -0.2) is 9.78 Å². The number of hydrogen-bond donors (Lipinski definition) is 1. The number of aromatic nitrogens is 4. The Labute approximate surface area is 219 Å². The number of benzene rings is 1. The van der Waals surface area contributed by atoms with Gasteiger partial charge >= 0.3 is 12.3 Å². The molecule has 4 aromatic rings. The Kier molecular flexibility index (Phi) is 6.95. The van der Waals surface area contributed by atoms with Gasteiger partial charge in [-0.2, -0.15) is 18.2 Å². The predicted octanol–water partition coefficient (Wildman–Crippen LogP) is 4.19. The van der Waals surface area contributed by atoms with Crippen LogP contribution in [-0.2, 0) is 16.1 Å². The van der Waals surface area contributed by atoms with E-state index >= 15 is 0 Å². The van der Waals surface area contributed by atoms with E-state index < -0.39 is 24.8 Å². The Morgan fingerprint density at radius 1 is 1.21 bits per heavy atom. The molecule has 1 N–H and O–H groups in total. The van der Waals surface area contributed by atoms with Crippen LogP contribution in [0.3, 0.4) is 0 Å². The number of methoxy groups -OCH3 is 1. The zero-order valence-electron chi connectivity index (χ0n) is 20.9. The van der Waals surface area contributed by atoms with E-state index in [0.29, 0.717) is 47.3 Å². The summed E-state index contributed by atoms with van der Waals surface area (Å²) in [5.74, 6) is 0.170. The second-order valence-corrected chi connectivity index (χ2v) is 9.03. The van der Waals surface area contributed by atoms with E-state index in [-0.39, 0.29) is 18.2 Å². The fourth-order valence-corrected chi connectivity index (χ4v) is 4.08. The summed E-state index contributed by atoms with van der Waals surface area (Å²) < 4.78 is 53.5. The van der Waals surface area contributed by atoms with Crippen LogP contribution >= 0.6 is 0 Å². The molecule has 1 aliphatic heterocycles. The number of anilines is 1. The van der Waals surface area contributed by atoms with Crippen molar-refractivity contribution in [3.8, 4) is 11.4 Å². The Morgan fingerprint density at radius 3 is 2.74 bits per heavy atom. The van der Waals surface area contributed by atoms with Gasteiger partial charge < -0.3 is 24.2 Å². The molecule has 204 valence electrons. The number of fused-ring (bicyclic) bond motifs is 1. The molecule has 0 aliphatic carbocycles. The van der Waals surface area contributed by atoms with Gasteiger partial charge in [0, 0.05) is 30.5 Å². The number of nitrogens with zero attached hydrogens (tertiary/aromatic N) is 5. The summed E-state index contributed by atoms with van der Waals surface area (Å²) in [5.41, 5.74) is 2.98. The Hall–Kier alpha value is -4.46. The molecule has 0 unspecified atom stereocenters. The second kappa shape index (κ2) is 10.4. The lowest BCUT2D eigenvalue weighted by Crippen LogP contribution is -2.48. The highest BCUT2D eigenvalue weighted by Crippen LogP contribution is 2.29. The topological polar surface area (TPSA) is 124 Å². The van der Waals surface area contributed by atoms with Crippen LogP contribution in [0.2, 0.25) is 0 Å². The third-order valence-electron chi connectivity index (χ3n) is 6.18. The molecule has 1 saturated heterocycles. The highest BCUT2D eigenvalue weighted by Gasteiger charge is 2.36. The van der Waals surface area contributed by atoms with Crippen molar-refractivity contribution in [1.29, 1.82) is 0 Å². The van der Waals surface area contributed by atoms with Crippen LogP contribution in [0, 0.1) is 6.92 Å². The lowest BCUT2D eigenvalue weighted by atomic mass is 10.0. The molecule has 0 saturated carbocycles. The minimum atomic E-state index is -4.43. The zero-order chi connectivity index (χ0) is 27.7. The summed E-state index contributed by atoms with van der Waals surface area (Å²) in [6.45, 7) is 1.01. The molecule has 11 nitrogen and oxygen atoms in total. The fourth-order valence-electron chi connectivity index (χ4n) is 4.08. The van der Waals surface area contributed by atoms with Crippen molar-refractivity contribution in [2.45, 2.75) is 25.6 Å². The van der Waals surface area contributed by atoms with Crippen LogP contribution in [-0.4, -0.2) is 69.4 Å². The fraction of sp³-hybridized carbons (Fsp3) is 0.320. The van der Waals surface area contributed by atoms with Gasteiger partial charge in [0.15, 0.2) is 0 Å². The minimum absolute atomic E-state index is 0.0890. The maximum Gasteiger partial charge on any atom is 0.411 e. The predicted molar refractivity (Wildman–Crippen MR) is 130 cm³/mol. The molecule has 39 heavy (non-hydrogen) atoms. The SMILES string of the molecule is COC(=O)N1CC(c2nc(-c3ccc(C)c(NC(=O)c4cnc5ccc(COCC(F)(F)F)cn45)c3)no2)C1. The second-order valence-electron chi connectivity index (χ2n) is 9.03. The first-order valence-corrected chi connectivity index (χ1v) is 11.8. The number of rotatable bonds is 7. The highest BCUT2D eigenvalue weighted by molar-refractivity contribution is 6.04. The van der Waals surface area contributed by atoms with E-state index in [0.717, 1.165) is 5.56 Å². The van der Waals surface area contributed by atoms with E-state index in [4.69, 9.17) is 9.26 Å². The van der Waals surface area contributed by atoms with Gasteiger partial charge in [0.05, 0.1) is 25.8 Å². The first-order valence-electron chi connectivity index (χ1n) is 11.8. The molecule has 0 bridgehead atoms. The molecule has 0 spiro atoms. The molecule has 0 atom stereocenters. The van der Waals surface area contributed by atoms with Crippen LogP contribution in [0.5, 0.6) is 0 Å². The number of imidazole rings is 1. The summed E-state index contributed by atoms with van der Waals surface area (Å²) in [6.07, 6.45) is -1.95. The number of amides is 2. The molecule has 0 radical (unpaired) electrons. The molecule has 1 aromatic carbocycles. The average Bonchev–Trinajstić information content (AvgIpc) is 3.51. The summed E-state index contributed by atoms with van der Waals surface area (Å²) in [4.78, 5) is 34.9. The number of aryl methyl sites for hydroxylation is 1. The maximum absolute atomic E-state index is 13.2. The Morgan fingerprint density at radius 2 is 2.00 bits per heavy atom. The third kappa shape index (κ3) is 5.70. The molecular formula is C25H23F3N6O5. The van der Waals surface area contributed by atoms with Crippen molar-refractivity contribution in [2.24, 2.45) is 0 Å². The van der Waals surface area contributed by atoms with Crippen LogP contribution in [0.25, 0.3) is 17.0 Å². The number of likely N-dealkylation sites (tertiary alicyclic amines) is 1. The zero-order valence-corrected chi connectivity index (χ0v) is 20.9. The molecule has 3 aromatic heterocycles. The third-order valence-corrected chi connectivity index (χ3v) is 6.18. The summed E-state index contributed by atoms with van der Waals surface area (Å²) in [7, 11) is 1.32. The van der Waals surface area contributed by atoms with Crippen molar-refractivity contribution in [1.82, 2.24) is 24.4 Å². The first-order chi connectivity index (χ1) is 18.6. The van der Waals surface area contributed by atoms with Gasteiger partial charge in [0.25, 0.3) is 5.91 Å². The van der Waals surface area contributed by atoms with Crippen molar-refractivity contribution in [3.63, 3.8) is 0 Å². The van der Waals surface area contributed by atoms with Gasteiger partial charge in [-0.3, -0.25) is 9.20 Å². The lowest BCUT2D eigenvalue weighted by Gasteiger charge is -2.35. The maximum atomic E-state index is 13.2. The minimum Gasteiger partial charge on any atom is -0.453 e. The first kappa shape index (κ1) is 26.2. The van der Waals surface area contributed by atoms with Crippen LogP contribution in [0.15, 0.2) is 47.2 Å². The quantitative estimate of drug-likeness (QED) is 0.367. The Balaban J connectivity index is 1.30. The van der Waals surface area contributed by atoms with Gasteiger partial charge in [0.1, 0.15) is 17.9 Å². The lowest BCUT2D eigenvalue weighted by molar-refractivity contribution is -0.176. The van der Waals surface area contributed by atoms with E-state index in [1.807, 2.05) is 6.92 Å². The molecule has 2 amide bonds. The van der Waals surface area contributed by atoms with Crippen LogP contribution < -0.4 is 5.32 Å². The van der Waals surface area contributed by atoms with Crippen molar-refractivity contribution >= 4 is 23.3 Å². The van der Waals surface area contributed by atoms with E-state index in [2.05, 4.69) is 25.2 Å². The number of ether oxygens (including phenoxy) is 2. The molecule has 1 aliphatic rings. The smallest absolute Gasteiger partial charge is 0.411 e. The number of pyridine rings is 1. The van der Waals surface area contributed by atoms with Crippen molar-refractivity contribution < 1.29 is 36.8 Å². The number of carbonyl (C=O) groups excluding carboxylic acids is 2.